The minimum absolute atomic E-state index is 0.168. The van der Waals surface area contributed by atoms with Gasteiger partial charge >= 0.3 is 0 Å². The number of hydrogen-bond acceptors (Lipinski definition) is 7. The van der Waals surface area contributed by atoms with E-state index in [0.717, 1.165) is 0 Å². The van der Waals surface area contributed by atoms with Crippen LogP contribution in [0.3, 0.4) is 0 Å². The zero-order chi connectivity index (χ0) is 19.6. The largest absolute Gasteiger partial charge is 0.497 e. The maximum absolute atomic E-state index is 11.8. The van der Waals surface area contributed by atoms with Crippen molar-refractivity contribution in [2.24, 2.45) is 5.10 Å². The molecule has 0 saturated heterocycles. The maximum Gasteiger partial charge on any atom is 0.277 e. The average Bonchev–Trinajstić information content (AvgIpc) is 2.71. The first-order valence-corrected chi connectivity index (χ1v) is 8.00. The van der Waals surface area contributed by atoms with Gasteiger partial charge in [0.25, 0.3) is 5.91 Å². The quantitative estimate of drug-likeness (QED) is 0.535. The summed E-state index contributed by atoms with van der Waals surface area (Å²) in [5.74, 6) is 2.34. The second-order valence-corrected chi connectivity index (χ2v) is 5.22. The minimum Gasteiger partial charge on any atom is -0.497 e. The lowest BCUT2D eigenvalue weighted by Crippen LogP contribution is -2.24. The number of amides is 1. The number of ether oxygens (including phenoxy) is 5. The van der Waals surface area contributed by atoms with Crippen molar-refractivity contribution in [3.8, 4) is 28.7 Å². The highest BCUT2D eigenvalue weighted by Crippen LogP contribution is 2.37. The van der Waals surface area contributed by atoms with Crippen LogP contribution in [0.25, 0.3) is 0 Å². The first-order chi connectivity index (χ1) is 13.1. The first-order valence-electron chi connectivity index (χ1n) is 8.00. The molecule has 27 heavy (non-hydrogen) atoms. The Labute approximate surface area is 157 Å². The van der Waals surface area contributed by atoms with Crippen LogP contribution >= 0.6 is 0 Å². The third-order valence-corrected chi connectivity index (χ3v) is 3.52. The molecule has 0 aliphatic carbocycles. The van der Waals surface area contributed by atoms with Gasteiger partial charge in [0.15, 0.2) is 18.1 Å². The first kappa shape index (κ1) is 19.9. The number of hydrogen-bond donors (Lipinski definition) is 1. The fraction of sp³-hybridized carbons (Fsp3) is 0.263. The van der Waals surface area contributed by atoms with Crippen molar-refractivity contribution >= 4 is 12.1 Å². The lowest BCUT2D eigenvalue weighted by molar-refractivity contribution is -0.123. The van der Waals surface area contributed by atoms with Crippen LogP contribution in [0, 0.1) is 0 Å². The highest BCUT2D eigenvalue weighted by molar-refractivity contribution is 5.84. The summed E-state index contributed by atoms with van der Waals surface area (Å²) in [4.78, 5) is 11.8. The molecule has 1 N–H and O–H groups in total. The molecule has 0 aromatic heterocycles. The summed E-state index contributed by atoms with van der Waals surface area (Å²) in [5.41, 5.74) is 3.06. The highest BCUT2D eigenvalue weighted by Gasteiger charge is 2.12. The third kappa shape index (κ3) is 5.53. The lowest BCUT2D eigenvalue weighted by Gasteiger charge is -2.12. The van der Waals surface area contributed by atoms with Crippen LogP contribution in [0.1, 0.15) is 5.56 Å². The number of rotatable bonds is 9. The molecule has 2 aromatic rings. The Kier molecular flexibility index (Phi) is 7.30. The van der Waals surface area contributed by atoms with Crippen molar-refractivity contribution in [2.45, 2.75) is 0 Å². The Hall–Kier alpha value is -3.42. The second-order valence-electron chi connectivity index (χ2n) is 5.22. The summed E-state index contributed by atoms with van der Waals surface area (Å²) in [6.07, 6.45) is 1.47. The lowest BCUT2D eigenvalue weighted by atomic mass is 10.2. The predicted octanol–water partition coefficient (Wildman–Crippen LogP) is 2.25. The normalized spacial score (nSPS) is 10.4. The molecule has 0 unspecified atom stereocenters. The van der Waals surface area contributed by atoms with Gasteiger partial charge in [0, 0.05) is 5.56 Å². The Bertz CT molecular complexity index is 764. The number of nitrogens with zero attached hydrogens (tertiary/aromatic N) is 1. The Morgan fingerprint density at radius 3 is 2.04 bits per heavy atom. The Morgan fingerprint density at radius 1 is 0.926 bits per heavy atom. The molecule has 144 valence electrons. The standard InChI is InChI=1S/C19H22N2O6/c1-23-14-5-7-15(8-6-14)27-12-18(22)21-20-11-13-9-16(24-2)19(26-4)17(10-13)25-3/h5-11H,12H2,1-4H3,(H,21,22)/b20-11-. The Balaban J connectivity index is 1.92. The van der Waals surface area contributed by atoms with Crippen molar-refractivity contribution in [1.82, 2.24) is 5.43 Å². The molecule has 0 heterocycles. The van der Waals surface area contributed by atoms with E-state index >= 15 is 0 Å². The number of benzene rings is 2. The van der Waals surface area contributed by atoms with Crippen LogP contribution in [0.15, 0.2) is 41.5 Å². The maximum atomic E-state index is 11.8. The third-order valence-electron chi connectivity index (χ3n) is 3.52. The molecule has 2 aromatic carbocycles. The van der Waals surface area contributed by atoms with Crippen molar-refractivity contribution in [3.05, 3.63) is 42.0 Å². The summed E-state index contributed by atoms with van der Waals surface area (Å²) in [6, 6.07) is 10.3. The van der Waals surface area contributed by atoms with Gasteiger partial charge < -0.3 is 23.7 Å². The SMILES string of the molecule is COc1ccc(OCC(=O)N/N=C\c2cc(OC)c(OC)c(OC)c2)cc1. The Morgan fingerprint density at radius 2 is 1.52 bits per heavy atom. The topological polar surface area (TPSA) is 87.6 Å². The number of nitrogens with one attached hydrogen (secondary N) is 1. The van der Waals surface area contributed by atoms with Crippen LogP contribution < -0.4 is 29.1 Å². The number of methoxy groups -OCH3 is 4. The van der Waals surface area contributed by atoms with E-state index in [-0.39, 0.29) is 6.61 Å². The molecule has 0 radical (unpaired) electrons. The summed E-state index contributed by atoms with van der Waals surface area (Å²) < 4.78 is 26.2. The van der Waals surface area contributed by atoms with Gasteiger partial charge in [-0.3, -0.25) is 4.79 Å². The van der Waals surface area contributed by atoms with Gasteiger partial charge in [-0.2, -0.15) is 5.10 Å². The number of carbonyl (C=O) groups excluding carboxylic acids is 1. The van der Waals surface area contributed by atoms with E-state index in [9.17, 15) is 4.79 Å². The summed E-state index contributed by atoms with van der Waals surface area (Å²) in [6.45, 7) is -0.168. The van der Waals surface area contributed by atoms with E-state index < -0.39 is 5.91 Å². The van der Waals surface area contributed by atoms with Crippen LogP contribution in [0.4, 0.5) is 0 Å². The molecule has 8 nitrogen and oxygen atoms in total. The van der Waals surface area contributed by atoms with E-state index in [4.69, 9.17) is 23.7 Å². The van der Waals surface area contributed by atoms with Crippen LogP contribution in [0.2, 0.25) is 0 Å². The smallest absolute Gasteiger partial charge is 0.277 e. The van der Waals surface area contributed by atoms with Crippen molar-refractivity contribution < 1.29 is 28.5 Å². The summed E-state index contributed by atoms with van der Waals surface area (Å²) in [5, 5.41) is 3.91. The molecule has 1 amide bonds. The van der Waals surface area contributed by atoms with Crippen molar-refractivity contribution in [3.63, 3.8) is 0 Å². The van der Waals surface area contributed by atoms with Gasteiger partial charge in [0.1, 0.15) is 11.5 Å². The summed E-state index contributed by atoms with van der Waals surface area (Å²) >= 11 is 0. The monoisotopic (exact) mass is 374 g/mol. The molecule has 8 heteroatoms. The molecule has 0 aliphatic rings. The van der Waals surface area contributed by atoms with Crippen LogP contribution in [-0.4, -0.2) is 47.2 Å². The molecule has 0 fully saturated rings. The van der Waals surface area contributed by atoms with Crippen molar-refractivity contribution in [2.75, 3.05) is 35.0 Å². The van der Waals surface area contributed by atoms with E-state index in [1.54, 1.807) is 43.5 Å². The molecule has 0 atom stereocenters. The van der Waals surface area contributed by atoms with E-state index in [0.29, 0.717) is 34.3 Å². The fourth-order valence-corrected chi connectivity index (χ4v) is 2.21. The molecular formula is C19H22N2O6. The fourth-order valence-electron chi connectivity index (χ4n) is 2.21. The second kappa shape index (κ2) is 9.91. The van der Waals surface area contributed by atoms with Crippen LogP contribution in [-0.2, 0) is 4.79 Å². The van der Waals surface area contributed by atoms with E-state index in [1.807, 2.05) is 0 Å². The zero-order valence-electron chi connectivity index (χ0n) is 15.6. The number of carbonyl (C=O) groups is 1. The molecular weight excluding hydrogens is 352 g/mol. The molecule has 0 saturated carbocycles. The minimum atomic E-state index is -0.394. The van der Waals surface area contributed by atoms with Gasteiger partial charge in [-0.1, -0.05) is 0 Å². The van der Waals surface area contributed by atoms with Crippen LogP contribution in [0.5, 0.6) is 28.7 Å². The molecule has 0 bridgehead atoms. The zero-order valence-corrected chi connectivity index (χ0v) is 15.6. The van der Waals surface area contributed by atoms with E-state index in [1.165, 1.54) is 27.5 Å². The van der Waals surface area contributed by atoms with Crippen molar-refractivity contribution in [1.29, 1.82) is 0 Å². The van der Waals surface area contributed by atoms with Gasteiger partial charge in [-0.25, -0.2) is 5.43 Å². The highest BCUT2D eigenvalue weighted by atomic mass is 16.5. The molecule has 0 spiro atoms. The van der Waals surface area contributed by atoms with Gasteiger partial charge in [0.05, 0.1) is 34.7 Å². The van der Waals surface area contributed by atoms with Gasteiger partial charge in [0.2, 0.25) is 5.75 Å². The van der Waals surface area contributed by atoms with Gasteiger partial charge in [-0.15, -0.1) is 0 Å². The number of hydrazone groups is 1. The molecule has 2 rings (SSSR count). The van der Waals surface area contributed by atoms with E-state index in [2.05, 4.69) is 10.5 Å². The summed E-state index contributed by atoms with van der Waals surface area (Å²) in [7, 11) is 6.15. The molecule has 0 aliphatic heterocycles. The van der Waals surface area contributed by atoms with Gasteiger partial charge in [-0.05, 0) is 36.4 Å². The average molecular weight is 374 g/mol. The predicted molar refractivity (Wildman–Crippen MR) is 100 cm³/mol.